The fourth-order valence-electron chi connectivity index (χ4n) is 1.88. The molecule has 1 aromatic heterocycles. The second kappa shape index (κ2) is 5.77. The molecule has 1 aromatic carbocycles. The molecular weight excluding hydrogens is 266 g/mol. The number of hydrogen-bond acceptors (Lipinski definition) is 3. The highest BCUT2D eigenvalue weighted by Gasteiger charge is 2.22. The normalized spacial score (nSPS) is 34.4. The fourth-order valence-corrected chi connectivity index (χ4v) is 1.88. The van der Waals surface area contributed by atoms with Gasteiger partial charge in [-0.2, -0.15) is 0 Å². The van der Waals surface area contributed by atoms with Gasteiger partial charge in [0.05, 0.1) is 10.2 Å². The van der Waals surface area contributed by atoms with Crippen LogP contribution in [-0.2, 0) is 17.5 Å². The van der Waals surface area contributed by atoms with Crippen LogP contribution >= 0.6 is 0 Å². The Kier molecular flexibility index (Phi) is 1.30. The maximum Gasteiger partial charge on any atom is 0.407 e. The summed E-state index contributed by atoms with van der Waals surface area (Å²) in [7, 11) is 0. The zero-order valence-electron chi connectivity index (χ0n) is 25.6. The summed E-state index contributed by atoms with van der Waals surface area (Å²) >= 11 is 0. The molecule has 1 atom stereocenters. The Labute approximate surface area is 145 Å². The molecule has 1 aliphatic rings. The van der Waals surface area contributed by atoms with Gasteiger partial charge in [0.25, 0.3) is 0 Å². The van der Waals surface area contributed by atoms with Crippen LogP contribution < -0.4 is 5.32 Å². The minimum atomic E-state index is -3.73. The molecule has 2 heterocycles. The second-order valence-electron chi connectivity index (χ2n) is 4.19. The van der Waals surface area contributed by atoms with E-state index < -0.39 is 68.5 Å². The number of ether oxygens (including phenoxy) is 1. The van der Waals surface area contributed by atoms with E-state index in [0.717, 1.165) is 6.07 Å². The highest BCUT2D eigenvalue weighted by atomic mass is 16.6. The number of nitrogens with one attached hydrogen (secondary N) is 2. The Morgan fingerprint density at radius 3 is 3.29 bits per heavy atom. The lowest BCUT2D eigenvalue weighted by Gasteiger charge is -2.09. The third-order valence-corrected chi connectivity index (χ3v) is 2.75. The van der Waals surface area contributed by atoms with Crippen molar-refractivity contribution in [3.05, 3.63) is 35.5 Å². The van der Waals surface area contributed by atoms with Crippen molar-refractivity contribution in [3.8, 4) is 0 Å². The van der Waals surface area contributed by atoms with Crippen LogP contribution in [0.25, 0.3) is 10.9 Å². The molecule has 0 aliphatic carbocycles. The van der Waals surface area contributed by atoms with Crippen LogP contribution in [0.4, 0.5) is 4.79 Å². The molecule has 21 heavy (non-hydrogen) atoms. The largest absolute Gasteiger partial charge is 0.447 e. The summed E-state index contributed by atoms with van der Waals surface area (Å²) in [6.07, 6.45) is -8.03. The number of rotatable bonds is 5. The maximum absolute atomic E-state index is 11.5. The van der Waals surface area contributed by atoms with E-state index in [9.17, 15) is 4.79 Å². The highest BCUT2D eigenvalue weighted by Crippen LogP contribution is 2.21. The number of amides is 1. The molecule has 2 N–H and O–H groups in total. The monoisotopic (exact) mass is 302 g/mol. The predicted molar refractivity (Wildman–Crippen MR) is 82.5 cm³/mol. The molecule has 112 valence electrons. The Hall–Kier alpha value is -2.01. The number of benzene rings is 1. The van der Waals surface area contributed by atoms with E-state index in [0.29, 0.717) is 0 Å². The van der Waals surface area contributed by atoms with Crippen molar-refractivity contribution >= 4 is 17.0 Å². The standard InChI is InChI=1S/C16H21N3O2/c1-19(2)6-5-12-9-17-15-4-3-11(8-14(12)15)7-13-10-21-16(20)18-13/h3-4,8-9,13,17H,5-7,10H2,1-2H3,(H,18,20)/t13-/m0/s1/i1D3,2D3,5D2,6D2,7D2,9D,10D2. The van der Waals surface area contributed by atoms with E-state index >= 15 is 0 Å². The van der Waals surface area contributed by atoms with Crippen LogP contribution in [0.5, 0.6) is 0 Å². The van der Waals surface area contributed by atoms with Crippen LogP contribution in [0.2, 0.25) is 0 Å². The van der Waals surface area contributed by atoms with Crippen LogP contribution in [-0.4, -0.2) is 49.0 Å². The Morgan fingerprint density at radius 1 is 1.62 bits per heavy atom. The van der Waals surface area contributed by atoms with Crippen LogP contribution in [0.15, 0.2) is 24.4 Å². The van der Waals surface area contributed by atoms with E-state index in [-0.39, 0.29) is 16.5 Å². The molecule has 5 heteroatoms. The Morgan fingerprint density at radius 2 is 2.52 bits per heavy atom. The number of fused-ring (bicyclic) bond motifs is 1. The number of likely N-dealkylation sites (N-methyl/N-ethyl adjacent to an activating group) is 1. The summed E-state index contributed by atoms with van der Waals surface area (Å²) in [5, 5.41) is 1.75. The molecule has 3 rings (SSSR count). The van der Waals surface area contributed by atoms with Crippen molar-refractivity contribution in [2.45, 2.75) is 18.8 Å². The van der Waals surface area contributed by atoms with Crippen molar-refractivity contribution in [2.75, 3.05) is 27.0 Å². The first-order valence-corrected chi connectivity index (χ1v) is 5.89. The van der Waals surface area contributed by atoms with Gasteiger partial charge in [-0.15, -0.1) is 0 Å². The minimum Gasteiger partial charge on any atom is -0.447 e. The maximum atomic E-state index is 11.5. The van der Waals surface area contributed by atoms with E-state index in [1.54, 1.807) is 0 Å². The number of aromatic amines is 1. The van der Waals surface area contributed by atoms with Crippen molar-refractivity contribution in [1.29, 1.82) is 0 Å². The van der Waals surface area contributed by atoms with E-state index in [2.05, 4.69) is 9.72 Å². The number of nitrogens with zero attached hydrogens (tertiary/aromatic N) is 1. The van der Waals surface area contributed by atoms with Crippen molar-refractivity contribution in [1.82, 2.24) is 15.2 Å². The quantitative estimate of drug-likeness (QED) is 0.887. The average molecular weight is 302 g/mol. The third kappa shape index (κ3) is 3.19. The Balaban J connectivity index is 2.22. The molecule has 0 bridgehead atoms. The molecule has 0 unspecified atom stereocenters. The zero-order valence-corrected chi connectivity index (χ0v) is 10.6. The van der Waals surface area contributed by atoms with Crippen LogP contribution in [0, 0.1) is 0 Å². The highest BCUT2D eigenvalue weighted by molar-refractivity contribution is 5.84. The lowest BCUT2D eigenvalue weighted by molar-refractivity contribution is 0.177. The number of H-pyrrole nitrogens is 1. The van der Waals surface area contributed by atoms with Gasteiger partial charge in [-0.25, -0.2) is 4.79 Å². The van der Waals surface area contributed by atoms with Crippen molar-refractivity contribution in [3.63, 3.8) is 0 Å². The summed E-state index contributed by atoms with van der Waals surface area (Å²) in [4.78, 5) is 13.4. The summed E-state index contributed by atoms with van der Waals surface area (Å²) in [6, 6.07) is 1.53. The fraction of sp³-hybridized carbons (Fsp3) is 0.438. The van der Waals surface area contributed by atoms with Crippen molar-refractivity contribution < 1.29 is 30.1 Å². The lowest BCUT2D eigenvalue weighted by atomic mass is 10.0. The molecule has 1 amide bonds. The predicted octanol–water partition coefficient (Wildman–Crippen LogP) is 1.92. The molecular formula is C16H21N3O2. The lowest BCUT2D eigenvalue weighted by Crippen LogP contribution is -2.28. The number of aromatic nitrogens is 1. The van der Waals surface area contributed by atoms with Gasteiger partial charge in [0, 0.05) is 40.0 Å². The van der Waals surface area contributed by atoms with Gasteiger partial charge >= 0.3 is 6.09 Å². The van der Waals surface area contributed by atoms with Gasteiger partial charge in [-0.05, 0) is 50.0 Å². The van der Waals surface area contributed by atoms with Crippen LogP contribution in [0.1, 0.15) is 31.7 Å². The van der Waals surface area contributed by atoms with Gasteiger partial charge in [0.2, 0.25) is 0 Å². The first-order valence-electron chi connectivity index (χ1n) is 13.4. The number of cyclic esters (lactones) is 1. The number of carbonyl (C=O) groups is 1. The number of alkyl carbamates (subject to hydrolysis) is 1. The van der Waals surface area contributed by atoms with E-state index in [1.165, 1.54) is 12.1 Å². The first-order chi connectivity index (χ1) is 16.0. The Bertz CT molecular complexity index is 1170. The number of hydrogen-bond donors (Lipinski definition) is 2. The zero-order chi connectivity index (χ0) is 27.9. The van der Waals surface area contributed by atoms with E-state index in [1.807, 2.05) is 5.32 Å². The molecule has 0 spiro atoms. The minimum absolute atomic E-state index is 0.0123. The molecule has 0 radical (unpaired) electrons. The van der Waals surface area contributed by atoms with Gasteiger partial charge in [0.1, 0.15) is 6.56 Å². The second-order valence-corrected chi connectivity index (χ2v) is 4.19. The third-order valence-electron chi connectivity index (χ3n) is 2.75. The number of carbonyl (C=O) groups excluding carboxylic acids is 1. The SMILES string of the molecule is [2H]c1[nH]c2ccc(C([2H])([2H])[C@@H]3NC(=O)OC3([2H])[2H])cc2c1C([2H])([2H])C([2H])([2H])N(C([2H])([2H])[2H])C([2H])([2H])[2H]. The smallest absolute Gasteiger partial charge is 0.407 e. The topological polar surface area (TPSA) is 57.4 Å². The molecule has 1 aliphatic heterocycles. The van der Waals surface area contributed by atoms with Gasteiger partial charge in [-0.1, -0.05) is 6.07 Å². The molecule has 5 nitrogen and oxygen atoms in total. The van der Waals surface area contributed by atoms with E-state index in [4.69, 9.17) is 20.6 Å². The molecule has 2 aromatic rings. The summed E-state index contributed by atoms with van der Waals surface area (Å²) in [5.74, 6) is 0. The van der Waals surface area contributed by atoms with Crippen LogP contribution in [0.3, 0.4) is 0 Å². The van der Waals surface area contributed by atoms with Gasteiger partial charge in [0.15, 0.2) is 0 Å². The molecule has 0 saturated carbocycles. The molecule has 1 fully saturated rings. The summed E-state index contributed by atoms with van der Waals surface area (Å²) in [6.45, 7) is -13.7. The van der Waals surface area contributed by atoms with Gasteiger partial charge in [-0.3, -0.25) is 0 Å². The molecule has 1 saturated heterocycles. The van der Waals surface area contributed by atoms with Crippen molar-refractivity contribution in [2.24, 2.45) is 0 Å². The summed E-state index contributed by atoms with van der Waals surface area (Å²) < 4.78 is 123. The van der Waals surface area contributed by atoms with Gasteiger partial charge < -0.3 is 19.9 Å². The number of aryl methyl sites for hydroxylation is 1. The summed E-state index contributed by atoms with van der Waals surface area (Å²) in [5.41, 5.74) is -1.08. The first kappa shape index (κ1) is 4.74. The average Bonchev–Trinajstić information content (AvgIpc) is 3.12.